The van der Waals surface area contributed by atoms with Gasteiger partial charge in [0.05, 0.1) is 5.92 Å². The van der Waals surface area contributed by atoms with E-state index in [-0.39, 0.29) is 42.0 Å². The Hall–Kier alpha value is -2.70. The fourth-order valence-electron chi connectivity index (χ4n) is 3.76. The lowest BCUT2D eigenvalue weighted by molar-refractivity contribution is -0.145. The van der Waals surface area contributed by atoms with Crippen LogP contribution in [0, 0.1) is 5.92 Å². The Kier molecular flexibility index (Phi) is 5.30. The van der Waals surface area contributed by atoms with Gasteiger partial charge in [-0.15, -0.1) is 0 Å². The number of ketones is 1. The quantitative estimate of drug-likeness (QED) is 0.741. The Balaban J connectivity index is 1.81. The van der Waals surface area contributed by atoms with Crippen LogP contribution in [0.25, 0.3) is 0 Å². The van der Waals surface area contributed by atoms with E-state index in [0.717, 1.165) is 12.8 Å². The zero-order chi connectivity index (χ0) is 19.7. The molecule has 4 rings (SSSR count). The van der Waals surface area contributed by atoms with Crippen LogP contribution in [-0.4, -0.2) is 78.0 Å². The second kappa shape index (κ2) is 7.50. The third-order valence-electron chi connectivity index (χ3n) is 5.40. The summed E-state index contributed by atoms with van der Waals surface area (Å²) in [6, 6.07) is 6.52. The third-order valence-corrected chi connectivity index (χ3v) is 5.40. The Morgan fingerprint density at radius 1 is 1.11 bits per heavy atom. The molecule has 7 heteroatoms. The highest BCUT2D eigenvalue weighted by Gasteiger charge is 2.42. The highest BCUT2D eigenvalue weighted by Crippen LogP contribution is 2.30. The first-order valence-electron chi connectivity index (χ1n) is 9.19. The van der Waals surface area contributed by atoms with E-state index in [1.165, 1.54) is 11.8 Å². The van der Waals surface area contributed by atoms with E-state index in [1.807, 2.05) is 0 Å². The van der Waals surface area contributed by atoms with Crippen LogP contribution in [0.4, 0.5) is 0 Å². The van der Waals surface area contributed by atoms with Crippen LogP contribution in [0.3, 0.4) is 0 Å². The number of hydrogen-bond acceptors (Lipinski definition) is 4. The van der Waals surface area contributed by atoms with E-state index >= 15 is 0 Å². The largest absolute Gasteiger partial charge is 0.347 e. The number of rotatable bonds is 4. The van der Waals surface area contributed by atoms with E-state index in [0.29, 0.717) is 24.2 Å². The molecule has 3 fully saturated rings. The Morgan fingerprint density at radius 2 is 1.81 bits per heavy atom. The number of Topliss-reactive ketones (excluding diaryl/α,β-unsaturated/α-hetero) is 1. The van der Waals surface area contributed by atoms with Crippen LogP contribution in [-0.2, 0) is 9.59 Å². The van der Waals surface area contributed by atoms with Crippen LogP contribution in [0.5, 0.6) is 0 Å². The van der Waals surface area contributed by atoms with Gasteiger partial charge in [-0.25, -0.2) is 0 Å². The highest BCUT2D eigenvalue weighted by atomic mass is 16.2. The molecule has 0 unspecified atom stereocenters. The molecule has 3 heterocycles. The Bertz CT molecular complexity index is 789. The summed E-state index contributed by atoms with van der Waals surface area (Å²) in [4.78, 5) is 54.3. The molecule has 1 aromatic carbocycles. The maximum Gasteiger partial charge on any atom is 0.253 e. The van der Waals surface area contributed by atoms with Gasteiger partial charge in [0, 0.05) is 44.4 Å². The van der Waals surface area contributed by atoms with E-state index in [4.69, 9.17) is 0 Å². The number of fused-ring (bicyclic) bond motifs is 4. The van der Waals surface area contributed by atoms with Gasteiger partial charge in [-0.05, 0) is 31.9 Å². The summed E-state index contributed by atoms with van der Waals surface area (Å²) in [7, 11) is 3.33. The molecule has 3 saturated heterocycles. The molecule has 0 radical (unpaired) electrons. The predicted octanol–water partition coefficient (Wildman–Crippen LogP) is 1.04. The van der Waals surface area contributed by atoms with Crippen molar-refractivity contribution < 1.29 is 19.2 Å². The van der Waals surface area contributed by atoms with Gasteiger partial charge < -0.3 is 14.7 Å². The van der Waals surface area contributed by atoms with Crippen LogP contribution >= 0.6 is 0 Å². The average molecular weight is 371 g/mol. The van der Waals surface area contributed by atoms with E-state index in [9.17, 15) is 19.2 Å². The summed E-state index contributed by atoms with van der Waals surface area (Å²) in [6.45, 7) is 2.28. The summed E-state index contributed by atoms with van der Waals surface area (Å²) < 4.78 is 0. The zero-order valence-electron chi connectivity index (χ0n) is 16.0. The zero-order valence-corrected chi connectivity index (χ0v) is 16.0. The normalized spacial score (nSPS) is 21.8. The Labute approximate surface area is 158 Å². The van der Waals surface area contributed by atoms with Gasteiger partial charge in [-0.2, -0.15) is 0 Å². The molecule has 1 aromatic rings. The van der Waals surface area contributed by atoms with E-state index in [2.05, 4.69) is 0 Å². The molecule has 144 valence electrons. The van der Waals surface area contributed by atoms with Gasteiger partial charge in [0.2, 0.25) is 11.8 Å². The van der Waals surface area contributed by atoms with Crippen LogP contribution in [0.2, 0.25) is 0 Å². The first-order valence-corrected chi connectivity index (χ1v) is 9.19. The van der Waals surface area contributed by atoms with E-state index < -0.39 is 0 Å². The molecule has 7 nitrogen and oxygen atoms in total. The van der Waals surface area contributed by atoms with Crippen LogP contribution in [0.1, 0.15) is 40.5 Å². The third kappa shape index (κ3) is 3.86. The number of piperidine rings is 1. The molecule has 27 heavy (non-hydrogen) atoms. The van der Waals surface area contributed by atoms with Gasteiger partial charge in [0.1, 0.15) is 6.54 Å². The lowest BCUT2D eigenvalue weighted by Crippen LogP contribution is -2.51. The topological polar surface area (TPSA) is 78.0 Å². The van der Waals surface area contributed by atoms with Crippen molar-refractivity contribution in [3.8, 4) is 0 Å². The lowest BCUT2D eigenvalue weighted by atomic mass is 9.94. The minimum absolute atomic E-state index is 0.0470. The van der Waals surface area contributed by atoms with Gasteiger partial charge in [-0.1, -0.05) is 12.1 Å². The van der Waals surface area contributed by atoms with Crippen molar-refractivity contribution in [3.05, 3.63) is 35.4 Å². The molecule has 2 atom stereocenters. The smallest absolute Gasteiger partial charge is 0.253 e. The van der Waals surface area contributed by atoms with Gasteiger partial charge >= 0.3 is 0 Å². The molecular weight excluding hydrogens is 346 g/mol. The number of nitrogens with zero attached hydrogens (tertiary/aromatic N) is 3. The fourth-order valence-corrected chi connectivity index (χ4v) is 3.76. The molecule has 3 amide bonds. The molecule has 3 aliphatic rings. The number of hydrogen-bond donors (Lipinski definition) is 0. The number of carbonyl (C=O) groups excluding carboxylic acids is 4. The standard InChI is InChI=1S/C20H25N3O4/c1-13(24)14-5-4-6-15(9-14)19(26)22-10-16-7-8-17(11-22)23(20(16)27)12-18(25)21(2)3/h4-6,9,16-17H,7-8,10-12H2,1-3H3/t16-,17+/m0/s1. The van der Waals surface area contributed by atoms with Crippen molar-refractivity contribution in [2.24, 2.45) is 5.92 Å². The summed E-state index contributed by atoms with van der Waals surface area (Å²) in [5, 5.41) is 0. The maximum atomic E-state index is 13.0. The summed E-state index contributed by atoms with van der Waals surface area (Å²) >= 11 is 0. The lowest BCUT2D eigenvalue weighted by Gasteiger charge is -2.35. The maximum absolute atomic E-state index is 13.0. The van der Waals surface area contributed by atoms with Crippen molar-refractivity contribution in [3.63, 3.8) is 0 Å². The van der Waals surface area contributed by atoms with Gasteiger partial charge in [0.15, 0.2) is 5.78 Å². The average Bonchev–Trinajstić information content (AvgIpc) is 2.93. The molecule has 2 bridgehead atoms. The SMILES string of the molecule is CC(=O)c1cccc(C(=O)N2C[C@@H]3CC[C@H](C2)N(CC(=O)N(C)C)C3=O)c1. The minimum Gasteiger partial charge on any atom is -0.347 e. The Morgan fingerprint density at radius 3 is 2.48 bits per heavy atom. The number of benzene rings is 1. The number of likely N-dealkylation sites (N-methyl/N-ethyl adjacent to an activating group) is 1. The molecule has 0 aliphatic carbocycles. The molecule has 0 saturated carbocycles. The summed E-state index contributed by atoms with van der Waals surface area (Å²) in [5.74, 6) is -0.719. The molecule has 0 N–H and O–H groups in total. The highest BCUT2D eigenvalue weighted by molar-refractivity contribution is 6.00. The van der Waals surface area contributed by atoms with E-state index in [1.54, 1.807) is 48.2 Å². The van der Waals surface area contributed by atoms with Crippen molar-refractivity contribution >= 4 is 23.5 Å². The number of carbonyl (C=O) groups is 4. The monoisotopic (exact) mass is 371 g/mol. The number of amides is 3. The fraction of sp³-hybridized carbons (Fsp3) is 0.500. The van der Waals surface area contributed by atoms with Gasteiger partial charge in [-0.3, -0.25) is 19.2 Å². The minimum atomic E-state index is -0.279. The molecule has 3 aliphatic heterocycles. The van der Waals surface area contributed by atoms with Crippen LogP contribution in [0.15, 0.2) is 24.3 Å². The first-order chi connectivity index (χ1) is 12.8. The predicted molar refractivity (Wildman–Crippen MR) is 99.3 cm³/mol. The second-order valence-electron chi connectivity index (χ2n) is 7.53. The van der Waals surface area contributed by atoms with Crippen molar-refractivity contribution in [1.82, 2.24) is 14.7 Å². The second-order valence-corrected chi connectivity index (χ2v) is 7.53. The summed E-state index contributed by atoms with van der Waals surface area (Å²) in [5.41, 5.74) is 0.945. The van der Waals surface area contributed by atoms with Crippen molar-refractivity contribution in [2.45, 2.75) is 25.8 Å². The molecule has 0 spiro atoms. The first kappa shape index (κ1) is 19.1. The van der Waals surface area contributed by atoms with Gasteiger partial charge in [0.25, 0.3) is 5.91 Å². The molecule has 0 aromatic heterocycles. The molecular formula is C20H25N3O4. The van der Waals surface area contributed by atoms with Crippen molar-refractivity contribution in [2.75, 3.05) is 33.7 Å². The summed E-state index contributed by atoms with van der Waals surface area (Å²) in [6.07, 6.45) is 1.52. The van der Waals surface area contributed by atoms with Crippen molar-refractivity contribution in [1.29, 1.82) is 0 Å². The van der Waals surface area contributed by atoms with Crippen LogP contribution < -0.4 is 0 Å².